The van der Waals surface area contributed by atoms with E-state index in [4.69, 9.17) is 9.47 Å². The third-order valence-electron chi connectivity index (χ3n) is 9.28. The molecule has 1 aromatic carbocycles. The monoisotopic (exact) mass is 621 g/mol. The lowest BCUT2D eigenvalue weighted by atomic mass is 9.83. The number of hydrogen-bond donors (Lipinski definition) is 7. The number of aliphatic hydroxyl groups is 6. The van der Waals surface area contributed by atoms with Crippen molar-refractivity contribution in [3.63, 3.8) is 0 Å². The Morgan fingerprint density at radius 2 is 1.82 bits per heavy atom. The molecule has 1 saturated carbocycles. The molecule has 1 aromatic rings. The van der Waals surface area contributed by atoms with Crippen molar-refractivity contribution in [2.24, 2.45) is 11.8 Å². The largest absolute Gasteiger partial charge is 0.394 e. The van der Waals surface area contributed by atoms with E-state index in [-0.39, 0.29) is 24.2 Å². The van der Waals surface area contributed by atoms with Crippen LogP contribution in [0.5, 0.6) is 0 Å². The highest BCUT2D eigenvalue weighted by Crippen LogP contribution is 2.45. The van der Waals surface area contributed by atoms with E-state index in [2.05, 4.69) is 5.32 Å². The summed E-state index contributed by atoms with van der Waals surface area (Å²) in [5.74, 6) is -2.04. The third-order valence-corrected chi connectivity index (χ3v) is 9.28. The standard InChI is InChI=1S/C34H55NO9/c1-4-35-29(39)15-11-6-5-10-14-25-27(43-34(3)33(42)32(41)31(40)28(21-36)44-34)20-26(38)30(25)22(2)16-18-24(37)19-17-23-12-8-7-9-13-23/h7-9,12-13,16,24-28,30-33,36-38,40-42H,4-6,10-11,14-15,17-21H2,1-3H3,(H,35,39)/b22-16+/t24-,25+,26-,27+,28?,30-,31-,32?,33?,34+/m1/s1. The van der Waals surface area contributed by atoms with Gasteiger partial charge in [-0.2, -0.15) is 0 Å². The summed E-state index contributed by atoms with van der Waals surface area (Å²) in [6.07, 6.45) is 1.26. The summed E-state index contributed by atoms with van der Waals surface area (Å²) >= 11 is 0. The fourth-order valence-electron chi connectivity index (χ4n) is 6.78. The van der Waals surface area contributed by atoms with Crippen molar-refractivity contribution in [2.45, 2.75) is 133 Å². The second-order valence-electron chi connectivity index (χ2n) is 12.7. The summed E-state index contributed by atoms with van der Waals surface area (Å²) < 4.78 is 12.2. The lowest BCUT2D eigenvalue weighted by Crippen LogP contribution is -2.65. The molecule has 2 aliphatic rings. The van der Waals surface area contributed by atoms with Gasteiger partial charge < -0.3 is 45.4 Å². The summed E-state index contributed by atoms with van der Waals surface area (Å²) in [5, 5.41) is 66.0. The Bertz CT molecular complexity index is 1020. The van der Waals surface area contributed by atoms with Crippen molar-refractivity contribution in [2.75, 3.05) is 13.2 Å². The van der Waals surface area contributed by atoms with Crippen LogP contribution in [0.3, 0.4) is 0 Å². The number of aryl methyl sites for hydroxylation is 1. The number of carbonyl (C=O) groups excluding carboxylic acids is 1. The normalized spacial score (nSPS) is 33.3. The van der Waals surface area contributed by atoms with Crippen LogP contribution in [0.2, 0.25) is 0 Å². The second-order valence-corrected chi connectivity index (χ2v) is 12.7. The van der Waals surface area contributed by atoms with Crippen LogP contribution in [-0.4, -0.2) is 98.2 Å². The van der Waals surface area contributed by atoms with E-state index in [1.165, 1.54) is 12.5 Å². The molecule has 0 aromatic heterocycles. The number of amides is 1. The molecule has 10 heteroatoms. The van der Waals surface area contributed by atoms with Gasteiger partial charge in [0, 0.05) is 25.3 Å². The van der Waals surface area contributed by atoms with Crippen LogP contribution in [0.1, 0.15) is 84.1 Å². The molecule has 1 saturated heterocycles. The second kappa shape index (κ2) is 17.7. The van der Waals surface area contributed by atoms with E-state index >= 15 is 0 Å². The Hall–Kier alpha value is -1.89. The molecule has 1 amide bonds. The number of benzene rings is 1. The van der Waals surface area contributed by atoms with E-state index in [1.54, 1.807) is 0 Å². The van der Waals surface area contributed by atoms with Crippen LogP contribution in [0, 0.1) is 11.8 Å². The lowest BCUT2D eigenvalue weighted by molar-refractivity contribution is -0.369. The molecule has 44 heavy (non-hydrogen) atoms. The third kappa shape index (κ3) is 10.1. The Kier molecular flexibility index (Phi) is 14.7. The minimum absolute atomic E-state index is 0.0550. The van der Waals surface area contributed by atoms with Gasteiger partial charge in [-0.25, -0.2) is 0 Å². The van der Waals surface area contributed by atoms with Crippen molar-refractivity contribution in [1.29, 1.82) is 0 Å². The minimum Gasteiger partial charge on any atom is -0.394 e. The lowest BCUT2D eigenvalue weighted by Gasteiger charge is -2.48. The highest BCUT2D eigenvalue weighted by Gasteiger charge is 2.55. The average molecular weight is 622 g/mol. The smallest absolute Gasteiger partial charge is 0.219 e. The van der Waals surface area contributed by atoms with Crippen molar-refractivity contribution >= 4 is 5.91 Å². The topological polar surface area (TPSA) is 169 Å². The van der Waals surface area contributed by atoms with Gasteiger partial charge in [-0.05, 0) is 64.4 Å². The predicted molar refractivity (Wildman–Crippen MR) is 166 cm³/mol. The first-order chi connectivity index (χ1) is 21.0. The summed E-state index contributed by atoms with van der Waals surface area (Å²) in [7, 11) is 0. The van der Waals surface area contributed by atoms with Gasteiger partial charge in [-0.1, -0.05) is 61.2 Å². The van der Waals surface area contributed by atoms with Crippen molar-refractivity contribution in [3.8, 4) is 0 Å². The van der Waals surface area contributed by atoms with E-state index in [0.29, 0.717) is 25.8 Å². The molecule has 0 radical (unpaired) electrons. The fraction of sp³-hybridized carbons (Fsp3) is 0.735. The van der Waals surface area contributed by atoms with Gasteiger partial charge >= 0.3 is 0 Å². The van der Waals surface area contributed by atoms with Crippen LogP contribution in [-0.2, 0) is 20.7 Å². The predicted octanol–water partition coefficient (Wildman–Crippen LogP) is 2.37. The molecule has 7 N–H and O–H groups in total. The number of nitrogens with one attached hydrogen (secondary N) is 1. The van der Waals surface area contributed by atoms with Gasteiger partial charge in [0.1, 0.15) is 24.4 Å². The minimum atomic E-state index is -1.71. The zero-order valence-electron chi connectivity index (χ0n) is 26.6. The van der Waals surface area contributed by atoms with E-state index < -0.39 is 55.1 Å². The number of aliphatic hydroxyl groups excluding tert-OH is 6. The van der Waals surface area contributed by atoms with Crippen LogP contribution >= 0.6 is 0 Å². The summed E-state index contributed by atoms with van der Waals surface area (Å²) in [6.45, 7) is 5.41. The Morgan fingerprint density at radius 1 is 1.11 bits per heavy atom. The Morgan fingerprint density at radius 3 is 2.50 bits per heavy atom. The molecule has 3 rings (SSSR count). The van der Waals surface area contributed by atoms with Crippen molar-refractivity contribution < 1.29 is 44.9 Å². The molecular formula is C34H55NO9. The first-order valence-electron chi connectivity index (χ1n) is 16.3. The maximum Gasteiger partial charge on any atom is 0.219 e. The molecule has 1 aliphatic heterocycles. The highest BCUT2D eigenvalue weighted by molar-refractivity contribution is 5.75. The quantitative estimate of drug-likeness (QED) is 0.102. The van der Waals surface area contributed by atoms with Gasteiger partial charge in [0.2, 0.25) is 5.91 Å². The Labute approximate surface area is 262 Å². The molecule has 10 atom stereocenters. The van der Waals surface area contributed by atoms with Gasteiger partial charge in [0.25, 0.3) is 0 Å². The Balaban J connectivity index is 1.69. The van der Waals surface area contributed by atoms with Gasteiger partial charge in [0.05, 0.1) is 24.9 Å². The SMILES string of the molecule is CCNC(=O)CCCCCC[C@@H]1[C@@H](/C(C)=C/C[C@@H](O)CCc2ccccc2)[C@H](O)C[C@@H]1O[C@@]1(C)OC(CO)[C@@H](O)C(O)C1O. The molecular weight excluding hydrogens is 566 g/mol. The first kappa shape index (κ1) is 36.6. The molecule has 2 fully saturated rings. The zero-order chi connectivity index (χ0) is 32.3. The van der Waals surface area contributed by atoms with Gasteiger partial charge in [-0.3, -0.25) is 4.79 Å². The molecule has 250 valence electrons. The van der Waals surface area contributed by atoms with Crippen LogP contribution in [0.25, 0.3) is 0 Å². The molecule has 10 nitrogen and oxygen atoms in total. The molecule has 1 heterocycles. The van der Waals surface area contributed by atoms with Crippen LogP contribution < -0.4 is 5.32 Å². The number of carbonyl (C=O) groups is 1. The van der Waals surface area contributed by atoms with Gasteiger partial charge in [-0.15, -0.1) is 0 Å². The van der Waals surface area contributed by atoms with Crippen LogP contribution in [0.4, 0.5) is 0 Å². The summed E-state index contributed by atoms with van der Waals surface area (Å²) in [5.41, 5.74) is 2.13. The average Bonchev–Trinajstić information content (AvgIpc) is 3.31. The number of ether oxygens (including phenoxy) is 2. The van der Waals surface area contributed by atoms with E-state index in [0.717, 1.165) is 44.1 Å². The maximum atomic E-state index is 11.8. The van der Waals surface area contributed by atoms with E-state index in [1.807, 2.05) is 50.3 Å². The first-order valence-corrected chi connectivity index (χ1v) is 16.3. The fourth-order valence-corrected chi connectivity index (χ4v) is 6.78. The molecule has 3 unspecified atom stereocenters. The van der Waals surface area contributed by atoms with Crippen LogP contribution in [0.15, 0.2) is 42.0 Å². The summed E-state index contributed by atoms with van der Waals surface area (Å²) in [6, 6.07) is 10.0. The van der Waals surface area contributed by atoms with Crippen molar-refractivity contribution in [1.82, 2.24) is 5.32 Å². The van der Waals surface area contributed by atoms with E-state index in [9.17, 15) is 35.4 Å². The highest BCUT2D eigenvalue weighted by atomic mass is 16.7. The van der Waals surface area contributed by atoms with Gasteiger partial charge in [0.15, 0.2) is 5.79 Å². The molecule has 0 spiro atoms. The number of rotatable bonds is 17. The summed E-state index contributed by atoms with van der Waals surface area (Å²) in [4.78, 5) is 11.8. The number of unbranched alkanes of at least 4 members (excludes halogenated alkanes) is 3. The zero-order valence-corrected chi connectivity index (χ0v) is 26.6. The maximum absolute atomic E-state index is 11.8. The number of hydrogen-bond acceptors (Lipinski definition) is 9. The van der Waals surface area contributed by atoms with Crippen molar-refractivity contribution in [3.05, 3.63) is 47.5 Å². The molecule has 1 aliphatic carbocycles. The molecule has 0 bridgehead atoms.